The Morgan fingerprint density at radius 3 is 2.47 bits per heavy atom. The van der Waals surface area contributed by atoms with Gasteiger partial charge in [0.1, 0.15) is 5.75 Å². The number of halogens is 4. The van der Waals surface area contributed by atoms with Crippen molar-refractivity contribution in [1.82, 2.24) is 9.88 Å². The Labute approximate surface area is 247 Å². The number of hydrogen-bond donors (Lipinski definition) is 1. The number of allylic oxidation sites excluding steroid dienone is 2. The van der Waals surface area contributed by atoms with Crippen molar-refractivity contribution < 1.29 is 41.7 Å². The average molecular weight is 606 g/mol. The molecule has 2 aromatic rings. The number of alkyl halides is 4. The van der Waals surface area contributed by atoms with Gasteiger partial charge in [-0.3, -0.25) is 9.59 Å². The van der Waals surface area contributed by atoms with E-state index in [-0.39, 0.29) is 23.8 Å². The van der Waals surface area contributed by atoms with E-state index in [1.807, 2.05) is 17.0 Å². The Morgan fingerprint density at radius 2 is 1.86 bits per heavy atom. The molecule has 2 fully saturated rings. The molecule has 8 nitrogen and oxygen atoms in total. The Balaban J connectivity index is 1.23. The summed E-state index contributed by atoms with van der Waals surface area (Å²) in [5.74, 6) is -4.50. The molecule has 1 aromatic heterocycles. The molecule has 1 atom stereocenters. The molecule has 1 amide bonds. The Morgan fingerprint density at radius 1 is 1.14 bits per heavy atom. The highest BCUT2D eigenvalue weighted by molar-refractivity contribution is 6.01. The number of nitrogens with zero attached hydrogens (tertiary/aromatic N) is 3. The molecular weight excluding hydrogens is 570 g/mol. The maximum absolute atomic E-state index is 14.0. The summed E-state index contributed by atoms with van der Waals surface area (Å²) < 4.78 is 65.3. The number of methoxy groups -OCH3 is 1. The van der Waals surface area contributed by atoms with E-state index in [9.17, 15) is 32.3 Å². The maximum Gasteiger partial charge on any atom is 0.324 e. The second-order valence-corrected chi connectivity index (χ2v) is 11.4. The van der Waals surface area contributed by atoms with E-state index in [4.69, 9.17) is 9.47 Å². The highest BCUT2D eigenvalue weighted by Gasteiger charge is 2.45. The number of ether oxygens (including phenoxy) is 2. The molecule has 1 saturated carbocycles. The number of carboxylic acids is 1. The molecule has 43 heavy (non-hydrogen) atoms. The Kier molecular flexibility index (Phi) is 9.12. The van der Waals surface area contributed by atoms with E-state index >= 15 is 0 Å². The molecule has 0 spiro atoms. The van der Waals surface area contributed by atoms with Gasteiger partial charge in [0.25, 0.3) is 5.91 Å². The van der Waals surface area contributed by atoms with Gasteiger partial charge in [0.2, 0.25) is 5.88 Å². The highest BCUT2D eigenvalue weighted by Crippen LogP contribution is 2.45. The fourth-order valence-electron chi connectivity index (χ4n) is 5.60. The summed E-state index contributed by atoms with van der Waals surface area (Å²) >= 11 is 0. The van der Waals surface area contributed by atoms with E-state index in [2.05, 4.69) is 4.98 Å². The van der Waals surface area contributed by atoms with E-state index in [1.165, 1.54) is 13.2 Å². The number of anilines is 1. The van der Waals surface area contributed by atoms with Gasteiger partial charge in [-0.1, -0.05) is 6.08 Å². The minimum Gasteiger partial charge on any atom is -0.497 e. The third-order valence-electron chi connectivity index (χ3n) is 8.30. The summed E-state index contributed by atoms with van der Waals surface area (Å²) in [6.45, 7) is 0.111. The topological polar surface area (TPSA) is 92.2 Å². The number of aliphatic carboxylic acids is 1. The van der Waals surface area contributed by atoms with Crippen LogP contribution >= 0.6 is 0 Å². The molecular formula is C31H35F4N3O5. The minimum absolute atomic E-state index is 0.0559. The summed E-state index contributed by atoms with van der Waals surface area (Å²) in [5, 5.41) is 9.33. The molecule has 3 aliphatic rings. The van der Waals surface area contributed by atoms with Crippen LogP contribution in [0.15, 0.2) is 48.3 Å². The molecule has 5 rings (SSSR count). The summed E-state index contributed by atoms with van der Waals surface area (Å²) in [4.78, 5) is 31.9. The van der Waals surface area contributed by atoms with Crippen molar-refractivity contribution in [2.45, 2.75) is 56.8 Å². The number of aromatic nitrogens is 1. The lowest BCUT2D eigenvalue weighted by molar-refractivity contribution is -0.137. The van der Waals surface area contributed by atoms with Gasteiger partial charge in [0.05, 0.1) is 37.9 Å². The van der Waals surface area contributed by atoms with Crippen molar-refractivity contribution in [2.75, 3.05) is 38.3 Å². The average Bonchev–Trinajstić information content (AvgIpc) is 3.92. The zero-order valence-corrected chi connectivity index (χ0v) is 23.9. The van der Waals surface area contributed by atoms with Gasteiger partial charge in [-0.2, -0.15) is 8.78 Å². The molecule has 1 aliphatic heterocycles. The van der Waals surface area contributed by atoms with E-state index < -0.39 is 30.8 Å². The fourth-order valence-corrected chi connectivity index (χ4v) is 5.60. The van der Waals surface area contributed by atoms with Crippen LogP contribution in [-0.2, 0) is 4.79 Å². The van der Waals surface area contributed by atoms with Crippen molar-refractivity contribution in [1.29, 1.82) is 0 Å². The van der Waals surface area contributed by atoms with Crippen LogP contribution in [0.2, 0.25) is 0 Å². The molecule has 1 saturated heterocycles. The van der Waals surface area contributed by atoms with Crippen LogP contribution in [0.4, 0.5) is 23.2 Å². The van der Waals surface area contributed by atoms with E-state index in [0.29, 0.717) is 67.9 Å². The number of pyridine rings is 1. The van der Waals surface area contributed by atoms with Crippen LogP contribution in [-0.4, -0.2) is 72.6 Å². The standard InChI is InChI=1S/C31H35F4N3O5/c1-42-23-6-7-24(29(41)38(22-4-5-22)18-31(34,35)30(32)33)26(15-23)37-12-9-19(10-13-37)17-43-27-14-21(8-11-36-27)25(16-28(39)40)20-2-3-20/h4,6-8,11,14-15,19-20,25,30H,2-3,5,9-10,12-13,16-18H2,1H3,(H,39,40). The number of carboxylic acid groups (broad SMARTS) is 1. The van der Waals surface area contributed by atoms with Crippen LogP contribution in [0, 0.1) is 11.8 Å². The summed E-state index contributed by atoms with van der Waals surface area (Å²) in [5.41, 5.74) is 1.85. The highest BCUT2D eigenvalue weighted by atomic mass is 19.3. The lowest BCUT2D eigenvalue weighted by Crippen LogP contribution is -2.43. The molecule has 12 heteroatoms. The SMILES string of the molecule is COc1ccc(C(=O)N(CC(F)(F)C(F)F)C2=CC2)c(N2CCC(COc3cc(C(CC(=O)O)C4CC4)ccn3)CC2)c1. The number of hydrogen-bond acceptors (Lipinski definition) is 6. The zero-order valence-electron chi connectivity index (χ0n) is 23.9. The fraction of sp³-hybridized carbons (Fsp3) is 0.516. The Hall–Kier alpha value is -3.83. The number of amides is 1. The van der Waals surface area contributed by atoms with Gasteiger partial charge < -0.3 is 24.4 Å². The minimum atomic E-state index is -4.34. The van der Waals surface area contributed by atoms with Crippen molar-refractivity contribution in [2.24, 2.45) is 11.8 Å². The molecule has 232 valence electrons. The van der Waals surface area contributed by atoms with Crippen molar-refractivity contribution in [3.8, 4) is 11.6 Å². The van der Waals surface area contributed by atoms with Crippen LogP contribution < -0.4 is 14.4 Å². The van der Waals surface area contributed by atoms with Crippen molar-refractivity contribution >= 4 is 17.6 Å². The molecule has 0 radical (unpaired) electrons. The van der Waals surface area contributed by atoms with Crippen LogP contribution in [0.5, 0.6) is 11.6 Å². The van der Waals surface area contributed by atoms with E-state index in [1.54, 1.807) is 24.4 Å². The predicted molar refractivity (Wildman–Crippen MR) is 150 cm³/mol. The number of carbonyl (C=O) groups is 2. The molecule has 1 N–H and O–H groups in total. The first-order valence-electron chi connectivity index (χ1n) is 14.5. The number of carbonyl (C=O) groups excluding carboxylic acids is 1. The van der Waals surface area contributed by atoms with Gasteiger partial charge in [0, 0.05) is 43.5 Å². The summed E-state index contributed by atoms with van der Waals surface area (Å²) in [6, 6.07) is 8.37. The number of piperidine rings is 1. The third-order valence-corrected chi connectivity index (χ3v) is 8.30. The normalized spacial score (nSPS) is 17.8. The summed E-state index contributed by atoms with van der Waals surface area (Å²) in [6.07, 6.45) is 3.15. The van der Waals surface area contributed by atoms with Crippen molar-refractivity contribution in [3.63, 3.8) is 0 Å². The molecule has 0 bridgehead atoms. The van der Waals surface area contributed by atoms with Crippen molar-refractivity contribution in [3.05, 3.63) is 59.4 Å². The number of rotatable bonds is 14. The van der Waals surface area contributed by atoms with Crippen LogP contribution in [0.25, 0.3) is 0 Å². The molecule has 1 unspecified atom stereocenters. The van der Waals surface area contributed by atoms with Gasteiger partial charge >= 0.3 is 18.3 Å². The smallest absolute Gasteiger partial charge is 0.324 e. The molecule has 2 aliphatic carbocycles. The molecule has 1 aromatic carbocycles. The Bertz CT molecular complexity index is 1360. The van der Waals surface area contributed by atoms with E-state index in [0.717, 1.165) is 23.3 Å². The quantitative estimate of drug-likeness (QED) is 0.265. The zero-order chi connectivity index (χ0) is 30.7. The second kappa shape index (κ2) is 12.8. The number of benzene rings is 1. The first-order valence-corrected chi connectivity index (χ1v) is 14.5. The van der Waals surface area contributed by atoms with Gasteiger partial charge in [-0.15, -0.1) is 0 Å². The van der Waals surface area contributed by atoms with Crippen LogP contribution in [0.3, 0.4) is 0 Å². The largest absolute Gasteiger partial charge is 0.497 e. The predicted octanol–water partition coefficient (Wildman–Crippen LogP) is 5.98. The first kappa shape index (κ1) is 30.6. The third kappa shape index (κ3) is 7.58. The first-order chi connectivity index (χ1) is 20.6. The lowest BCUT2D eigenvalue weighted by atomic mass is 9.92. The summed E-state index contributed by atoms with van der Waals surface area (Å²) in [7, 11) is 1.48. The van der Waals surface area contributed by atoms with Crippen LogP contribution in [0.1, 0.15) is 60.4 Å². The molecule has 2 heterocycles. The van der Waals surface area contributed by atoms with Gasteiger partial charge in [-0.25, -0.2) is 13.8 Å². The monoisotopic (exact) mass is 605 g/mol. The van der Waals surface area contributed by atoms with Gasteiger partial charge in [0.15, 0.2) is 0 Å². The maximum atomic E-state index is 14.0. The lowest BCUT2D eigenvalue weighted by Gasteiger charge is -2.35. The second-order valence-electron chi connectivity index (χ2n) is 11.4. The van der Waals surface area contributed by atoms with Gasteiger partial charge in [-0.05, 0) is 67.2 Å².